The predicted octanol–water partition coefficient (Wildman–Crippen LogP) is 3.82. The van der Waals surface area contributed by atoms with Crippen molar-refractivity contribution in [3.8, 4) is 5.75 Å². The van der Waals surface area contributed by atoms with Gasteiger partial charge in [0, 0.05) is 24.3 Å². The van der Waals surface area contributed by atoms with Gasteiger partial charge >= 0.3 is 0 Å². The second-order valence-corrected chi connectivity index (χ2v) is 8.74. The molecule has 3 N–H and O–H groups in total. The van der Waals surface area contributed by atoms with E-state index in [-0.39, 0.29) is 36.6 Å². The van der Waals surface area contributed by atoms with Crippen LogP contribution in [0.1, 0.15) is 39.6 Å². The number of H-pyrrole nitrogens is 1. The van der Waals surface area contributed by atoms with Crippen LogP contribution in [0.3, 0.4) is 0 Å². The maximum absolute atomic E-state index is 13.0. The number of nitrogens with zero attached hydrogens (tertiary/aromatic N) is 2. The summed E-state index contributed by atoms with van der Waals surface area (Å²) in [7, 11) is 1.59. The van der Waals surface area contributed by atoms with Crippen LogP contribution < -0.4 is 15.6 Å². The molecule has 0 bridgehead atoms. The van der Waals surface area contributed by atoms with Crippen molar-refractivity contribution in [1.82, 2.24) is 14.9 Å². The number of anilines is 1. The summed E-state index contributed by atoms with van der Waals surface area (Å²) in [6.07, 6.45) is 0.804. The van der Waals surface area contributed by atoms with Crippen molar-refractivity contribution in [2.24, 2.45) is 0 Å². The Morgan fingerprint density at radius 2 is 2.00 bits per heavy atom. The minimum atomic E-state index is -0.283. The number of carbonyl (C=O) groups is 1. The van der Waals surface area contributed by atoms with Gasteiger partial charge in [0.05, 0.1) is 35.4 Å². The van der Waals surface area contributed by atoms with Crippen LogP contribution in [0.25, 0.3) is 0 Å². The molecule has 3 aromatic rings. The van der Waals surface area contributed by atoms with Gasteiger partial charge < -0.3 is 20.1 Å². The molecule has 2 aromatic carbocycles. The quantitative estimate of drug-likeness (QED) is 0.453. The third-order valence-electron chi connectivity index (χ3n) is 5.77. The Hall–Kier alpha value is -3.07. The van der Waals surface area contributed by atoms with Crippen LogP contribution in [0.5, 0.6) is 5.75 Å². The number of aromatic amines is 1. The molecule has 1 unspecified atom stereocenters. The lowest BCUT2D eigenvalue weighted by Crippen LogP contribution is -2.39. The molecule has 1 aromatic heterocycles. The number of aromatic nitrogens is 2. The van der Waals surface area contributed by atoms with Gasteiger partial charge in [-0.15, -0.1) is 0 Å². The third-order valence-corrected chi connectivity index (χ3v) is 6.51. The molecule has 2 heterocycles. The second-order valence-electron chi connectivity index (χ2n) is 7.93. The predicted molar refractivity (Wildman–Crippen MR) is 131 cm³/mol. The van der Waals surface area contributed by atoms with Gasteiger partial charge in [-0.3, -0.25) is 14.6 Å². The van der Waals surface area contributed by atoms with Crippen LogP contribution in [-0.4, -0.2) is 46.1 Å². The van der Waals surface area contributed by atoms with Gasteiger partial charge in [-0.05, 0) is 48.7 Å². The Balaban J connectivity index is 1.56. The molecule has 0 fully saturated rings. The highest BCUT2D eigenvalue weighted by atomic mass is 35.5. The second kappa shape index (κ2) is 10.5. The number of aliphatic hydroxyl groups is 1. The number of carbonyl (C=O) groups excluding carboxylic acids is 1. The van der Waals surface area contributed by atoms with Gasteiger partial charge in [-0.25, -0.2) is 4.98 Å². The van der Waals surface area contributed by atoms with Crippen molar-refractivity contribution in [2.75, 3.05) is 25.6 Å². The highest BCUT2D eigenvalue weighted by Crippen LogP contribution is 2.26. The fraction of sp³-hybridized carbons (Fsp3) is 0.292. The number of amides is 1. The van der Waals surface area contributed by atoms with E-state index < -0.39 is 0 Å². The van der Waals surface area contributed by atoms with E-state index in [0.29, 0.717) is 46.3 Å². The van der Waals surface area contributed by atoms with Crippen LogP contribution in [0, 0.1) is 0 Å². The molecule has 1 amide bonds. The average Bonchev–Trinajstić information content (AvgIpc) is 2.84. The van der Waals surface area contributed by atoms with Crippen LogP contribution in [0.4, 0.5) is 5.95 Å². The number of hydrogen-bond acceptors (Lipinski definition) is 6. The van der Waals surface area contributed by atoms with Crippen molar-refractivity contribution in [1.29, 1.82) is 0 Å². The molecule has 8 nitrogen and oxygen atoms in total. The van der Waals surface area contributed by atoms with E-state index >= 15 is 0 Å². The molecular weight excluding hydrogens is 479 g/mol. The van der Waals surface area contributed by atoms with Gasteiger partial charge in [-0.2, -0.15) is 0 Å². The molecule has 1 aliphatic heterocycles. The number of nitrogens with one attached hydrogen (secondary N) is 2. The molecule has 4 rings (SSSR count). The lowest BCUT2D eigenvalue weighted by molar-refractivity contribution is 0.0731. The molecule has 34 heavy (non-hydrogen) atoms. The first-order valence-corrected chi connectivity index (χ1v) is 11.5. The smallest absolute Gasteiger partial charge is 0.255 e. The highest BCUT2D eigenvalue weighted by Gasteiger charge is 2.26. The monoisotopic (exact) mass is 502 g/mol. The summed E-state index contributed by atoms with van der Waals surface area (Å²) in [6, 6.07) is 11.9. The first-order valence-electron chi connectivity index (χ1n) is 10.8. The summed E-state index contributed by atoms with van der Waals surface area (Å²) in [4.78, 5) is 34.8. The first kappa shape index (κ1) is 24.1. The maximum Gasteiger partial charge on any atom is 0.255 e. The summed E-state index contributed by atoms with van der Waals surface area (Å²) in [5.41, 5.74) is 2.18. The maximum atomic E-state index is 13.0. The molecule has 0 saturated carbocycles. The van der Waals surface area contributed by atoms with Gasteiger partial charge in [0.25, 0.3) is 11.5 Å². The molecule has 1 aliphatic rings. The molecule has 0 aliphatic carbocycles. The molecule has 178 valence electrons. The Bertz CT molecular complexity index is 1250. The fourth-order valence-corrected chi connectivity index (χ4v) is 4.24. The molecule has 0 spiro atoms. The number of benzene rings is 2. The number of aliphatic hydroxyl groups excluding tert-OH is 1. The van der Waals surface area contributed by atoms with Crippen molar-refractivity contribution in [3.63, 3.8) is 0 Å². The van der Waals surface area contributed by atoms with Crippen molar-refractivity contribution < 1.29 is 14.6 Å². The van der Waals surface area contributed by atoms with E-state index in [0.717, 1.165) is 11.3 Å². The minimum absolute atomic E-state index is 0.0508. The van der Waals surface area contributed by atoms with E-state index in [4.69, 9.17) is 27.9 Å². The first-order chi connectivity index (χ1) is 16.4. The topological polar surface area (TPSA) is 108 Å². The van der Waals surface area contributed by atoms with E-state index in [9.17, 15) is 14.7 Å². The van der Waals surface area contributed by atoms with Crippen LogP contribution in [0.15, 0.2) is 47.3 Å². The molecule has 0 saturated heterocycles. The summed E-state index contributed by atoms with van der Waals surface area (Å²) in [5.74, 6) is 0.789. The number of ether oxygens (including phenoxy) is 1. The van der Waals surface area contributed by atoms with Crippen LogP contribution in [-0.2, 0) is 13.0 Å². The lowest BCUT2D eigenvalue weighted by Gasteiger charge is -2.28. The van der Waals surface area contributed by atoms with Crippen LogP contribution in [0.2, 0.25) is 10.0 Å². The molecular formula is C24H24Cl2N4O4. The number of hydrogen-bond donors (Lipinski definition) is 3. The van der Waals surface area contributed by atoms with E-state index in [1.165, 1.54) is 6.07 Å². The zero-order valence-electron chi connectivity index (χ0n) is 18.5. The van der Waals surface area contributed by atoms with Crippen molar-refractivity contribution >= 4 is 35.1 Å². The highest BCUT2D eigenvalue weighted by molar-refractivity contribution is 6.42. The van der Waals surface area contributed by atoms with Gasteiger partial charge in [0.15, 0.2) is 0 Å². The van der Waals surface area contributed by atoms with Gasteiger partial charge in [0.2, 0.25) is 5.95 Å². The summed E-state index contributed by atoms with van der Waals surface area (Å²) >= 11 is 12.0. The van der Waals surface area contributed by atoms with Crippen LogP contribution >= 0.6 is 23.2 Å². The van der Waals surface area contributed by atoms with E-state index in [2.05, 4.69) is 15.3 Å². The fourth-order valence-electron chi connectivity index (χ4n) is 3.95. The van der Waals surface area contributed by atoms with E-state index in [1.54, 1.807) is 24.1 Å². The largest absolute Gasteiger partial charge is 0.497 e. The van der Waals surface area contributed by atoms with Crippen molar-refractivity contribution in [2.45, 2.75) is 25.4 Å². The van der Waals surface area contributed by atoms with Crippen molar-refractivity contribution in [3.05, 3.63) is 85.2 Å². The molecule has 10 heteroatoms. The molecule has 0 radical (unpaired) electrons. The average molecular weight is 503 g/mol. The summed E-state index contributed by atoms with van der Waals surface area (Å²) in [6.45, 7) is 0.535. The normalized spacial score (nSPS) is 13.8. The zero-order chi connectivity index (χ0) is 24.2. The minimum Gasteiger partial charge on any atom is -0.497 e. The Morgan fingerprint density at radius 1 is 1.24 bits per heavy atom. The number of fused-ring (bicyclic) bond motifs is 1. The van der Waals surface area contributed by atoms with Gasteiger partial charge in [-0.1, -0.05) is 35.3 Å². The number of methoxy groups -OCH3 is 1. The number of rotatable bonds is 7. The standard InChI is InChI=1S/C24H24Cl2N4O4/c1-34-16-5-2-14(3-6-16)20(9-11-31)27-24-28-21-13-30(10-8-17(21)22(32)29-24)23(33)15-4-7-18(25)19(26)12-15/h2-7,12,20,31H,8-11,13H2,1H3,(H2,27,28,29,32). The Kier molecular flexibility index (Phi) is 7.41. The molecule has 1 atom stereocenters. The Morgan fingerprint density at radius 3 is 2.68 bits per heavy atom. The summed E-state index contributed by atoms with van der Waals surface area (Å²) < 4.78 is 5.20. The van der Waals surface area contributed by atoms with Gasteiger partial charge in [0.1, 0.15) is 5.75 Å². The third kappa shape index (κ3) is 5.19. The SMILES string of the molecule is COc1ccc(C(CCO)Nc2nc3c(c(=O)[nH]2)CCN(C(=O)c2ccc(Cl)c(Cl)c2)C3)cc1. The summed E-state index contributed by atoms with van der Waals surface area (Å²) in [5, 5.41) is 13.4. The lowest BCUT2D eigenvalue weighted by atomic mass is 10.0. The Labute approximate surface area is 206 Å². The number of halogens is 2. The zero-order valence-corrected chi connectivity index (χ0v) is 20.0. The van der Waals surface area contributed by atoms with E-state index in [1.807, 2.05) is 24.3 Å².